The third kappa shape index (κ3) is 4.73. The molecule has 2 unspecified atom stereocenters. The first-order valence-corrected chi connectivity index (χ1v) is 6.71. The third-order valence-electron chi connectivity index (χ3n) is 3.10. The Bertz CT molecular complexity index is 382. The van der Waals surface area contributed by atoms with Gasteiger partial charge in [0.1, 0.15) is 11.5 Å². The lowest BCUT2D eigenvalue weighted by atomic mass is 10.1. The normalized spacial score (nSPS) is 13.9. The van der Waals surface area contributed by atoms with E-state index in [2.05, 4.69) is 13.8 Å². The highest BCUT2D eigenvalue weighted by atomic mass is 16.5. The van der Waals surface area contributed by atoms with Crippen LogP contribution < -0.4 is 15.2 Å². The van der Waals surface area contributed by atoms with Crippen LogP contribution in [-0.2, 0) is 4.74 Å². The van der Waals surface area contributed by atoms with Gasteiger partial charge in [0.25, 0.3) is 0 Å². The summed E-state index contributed by atoms with van der Waals surface area (Å²) in [5.41, 5.74) is 7.10. The van der Waals surface area contributed by atoms with Gasteiger partial charge in [0, 0.05) is 11.6 Å². The Morgan fingerprint density at radius 1 is 1.21 bits per heavy atom. The molecule has 2 N–H and O–H groups in total. The molecule has 0 aliphatic rings. The zero-order valence-electron chi connectivity index (χ0n) is 12.3. The Labute approximate surface area is 115 Å². The standard InChI is InChI=1S/C15H25NO3/c1-5-6-11(2)19-10-14(16)13-8-7-12(17-3)9-15(13)18-4/h7-9,11,14H,5-6,10,16H2,1-4H3. The first-order valence-electron chi connectivity index (χ1n) is 6.71. The van der Waals surface area contributed by atoms with Crippen molar-refractivity contribution in [2.75, 3.05) is 20.8 Å². The molecule has 2 atom stereocenters. The number of benzene rings is 1. The molecular weight excluding hydrogens is 242 g/mol. The second-order valence-corrected chi connectivity index (χ2v) is 4.65. The molecule has 0 heterocycles. The van der Waals surface area contributed by atoms with E-state index in [1.54, 1.807) is 14.2 Å². The number of ether oxygens (including phenoxy) is 3. The van der Waals surface area contributed by atoms with Crippen molar-refractivity contribution in [3.8, 4) is 11.5 Å². The number of hydrogen-bond donors (Lipinski definition) is 1. The topological polar surface area (TPSA) is 53.7 Å². The van der Waals surface area contributed by atoms with E-state index < -0.39 is 0 Å². The Morgan fingerprint density at radius 2 is 1.95 bits per heavy atom. The molecule has 0 aliphatic heterocycles. The van der Waals surface area contributed by atoms with E-state index in [1.807, 2.05) is 18.2 Å². The molecule has 0 bridgehead atoms. The molecule has 1 rings (SSSR count). The van der Waals surface area contributed by atoms with Crippen LogP contribution in [0.25, 0.3) is 0 Å². The quantitative estimate of drug-likeness (QED) is 0.787. The van der Waals surface area contributed by atoms with E-state index in [9.17, 15) is 0 Å². The molecule has 0 saturated heterocycles. The van der Waals surface area contributed by atoms with Crippen molar-refractivity contribution in [1.82, 2.24) is 0 Å². The SMILES string of the molecule is CCCC(C)OCC(N)c1ccc(OC)cc1OC. The highest BCUT2D eigenvalue weighted by Crippen LogP contribution is 2.28. The van der Waals surface area contributed by atoms with Crippen LogP contribution in [0.2, 0.25) is 0 Å². The van der Waals surface area contributed by atoms with Gasteiger partial charge in [-0.1, -0.05) is 13.3 Å². The van der Waals surface area contributed by atoms with Crippen molar-refractivity contribution in [2.24, 2.45) is 5.73 Å². The van der Waals surface area contributed by atoms with Crippen LogP contribution in [0.5, 0.6) is 11.5 Å². The largest absolute Gasteiger partial charge is 0.497 e. The minimum absolute atomic E-state index is 0.194. The van der Waals surface area contributed by atoms with Crippen LogP contribution in [0.4, 0.5) is 0 Å². The zero-order chi connectivity index (χ0) is 14.3. The van der Waals surface area contributed by atoms with Crippen LogP contribution in [0.3, 0.4) is 0 Å². The van der Waals surface area contributed by atoms with Gasteiger partial charge in [-0.3, -0.25) is 0 Å². The van der Waals surface area contributed by atoms with Crippen molar-refractivity contribution in [3.63, 3.8) is 0 Å². The Kier molecular flexibility index (Phi) is 6.67. The summed E-state index contributed by atoms with van der Waals surface area (Å²) in [6, 6.07) is 5.45. The molecule has 1 aromatic carbocycles. The van der Waals surface area contributed by atoms with E-state index in [0.717, 1.165) is 29.9 Å². The van der Waals surface area contributed by atoms with Gasteiger partial charge in [-0.25, -0.2) is 0 Å². The van der Waals surface area contributed by atoms with Crippen LogP contribution in [-0.4, -0.2) is 26.9 Å². The lowest BCUT2D eigenvalue weighted by Gasteiger charge is -2.19. The smallest absolute Gasteiger partial charge is 0.127 e. The summed E-state index contributed by atoms with van der Waals surface area (Å²) < 4.78 is 16.3. The van der Waals surface area contributed by atoms with Crippen LogP contribution in [0.15, 0.2) is 18.2 Å². The predicted molar refractivity (Wildman–Crippen MR) is 76.8 cm³/mol. The van der Waals surface area contributed by atoms with Gasteiger partial charge in [-0.05, 0) is 25.5 Å². The van der Waals surface area contributed by atoms with Crippen molar-refractivity contribution in [3.05, 3.63) is 23.8 Å². The van der Waals surface area contributed by atoms with Crippen molar-refractivity contribution >= 4 is 0 Å². The summed E-state index contributed by atoms with van der Waals surface area (Å²) in [7, 11) is 3.26. The zero-order valence-corrected chi connectivity index (χ0v) is 12.3. The van der Waals surface area contributed by atoms with E-state index >= 15 is 0 Å². The second kappa shape index (κ2) is 8.02. The van der Waals surface area contributed by atoms with Crippen LogP contribution in [0.1, 0.15) is 38.3 Å². The average Bonchev–Trinajstić information content (AvgIpc) is 2.44. The van der Waals surface area contributed by atoms with Crippen molar-refractivity contribution in [1.29, 1.82) is 0 Å². The van der Waals surface area contributed by atoms with Gasteiger partial charge in [0.05, 0.1) is 33.0 Å². The van der Waals surface area contributed by atoms with Gasteiger partial charge in [-0.2, -0.15) is 0 Å². The molecule has 4 heteroatoms. The monoisotopic (exact) mass is 267 g/mol. The minimum atomic E-state index is -0.194. The minimum Gasteiger partial charge on any atom is -0.497 e. The summed E-state index contributed by atoms with van der Waals surface area (Å²) in [6.45, 7) is 4.71. The van der Waals surface area contributed by atoms with Crippen LogP contribution in [0, 0.1) is 0 Å². The first-order chi connectivity index (χ1) is 9.12. The molecule has 108 valence electrons. The fraction of sp³-hybridized carbons (Fsp3) is 0.600. The molecule has 4 nitrogen and oxygen atoms in total. The number of hydrogen-bond acceptors (Lipinski definition) is 4. The lowest BCUT2D eigenvalue weighted by Crippen LogP contribution is -2.21. The van der Waals surface area contributed by atoms with Crippen molar-refractivity contribution < 1.29 is 14.2 Å². The maximum Gasteiger partial charge on any atom is 0.127 e. The highest BCUT2D eigenvalue weighted by Gasteiger charge is 2.14. The fourth-order valence-electron chi connectivity index (χ4n) is 1.97. The van der Waals surface area contributed by atoms with E-state index in [-0.39, 0.29) is 12.1 Å². The molecular formula is C15H25NO3. The van der Waals surface area contributed by atoms with E-state index in [1.165, 1.54) is 0 Å². The van der Waals surface area contributed by atoms with E-state index in [4.69, 9.17) is 19.9 Å². The Hall–Kier alpha value is -1.26. The molecule has 1 aromatic rings. The van der Waals surface area contributed by atoms with Gasteiger partial charge >= 0.3 is 0 Å². The number of methoxy groups -OCH3 is 2. The summed E-state index contributed by atoms with van der Waals surface area (Å²) in [5.74, 6) is 1.49. The lowest BCUT2D eigenvalue weighted by molar-refractivity contribution is 0.0499. The first kappa shape index (κ1) is 15.8. The molecule has 0 spiro atoms. The van der Waals surface area contributed by atoms with Gasteiger partial charge in [-0.15, -0.1) is 0 Å². The molecule has 19 heavy (non-hydrogen) atoms. The molecule has 0 fully saturated rings. The molecule has 0 saturated carbocycles. The maximum atomic E-state index is 6.16. The van der Waals surface area contributed by atoms with Gasteiger partial charge in [0.15, 0.2) is 0 Å². The molecule has 0 aliphatic carbocycles. The maximum absolute atomic E-state index is 6.16. The predicted octanol–water partition coefficient (Wildman–Crippen LogP) is 2.91. The molecule has 0 amide bonds. The second-order valence-electron chi connectivity index (χ2n) is 4.65. The van der Waals surface area contributed by atoms with Crippen molar-refractivity contribution in [2.45, 2.75) is 38.8 Å². The van der Waals surface area contributed by atoms with E-state index in [0.29, 0.717) is 6.61 Å². The van der Waals surface area contributed by atoms with Crippen LogP contribution >= 0.6 is 0 Å². The molecule has 0 radical (unpaired) electrons. The summed E-state index contributed by atoms with van der Waals surface area (Å²) in [4.78, 5) is 0. The Morgan fingerprint density at radius 3 is 2.53 bits per heavy atom. The Balaban J connectivity index is 2.68. The fourth-order valence-corrected chi connectivity index (χ4v) is 1.97. The highest BCUT2D eigenvalue weighted by molar-refractivity contribution is 5.42. The number of rotatable bonds is 8. The summed E-state index contributed by atoms with van der Waals surface area (Å²) >= 11 is 0. The average molecular weight is 267 g/mol. The molecule has 0 aromatic heterocycles. The summed E-state index contributed by atoms with van der Waals surface area (Å²) in [6.07, 6.45) is 2.40. The van der Waals surface area contributed by atoms with Gasteiger partial charge < -0.3 is 19.9 Å². The third-order valence-corrected chi connectivity index (χ3v) is 3.10. The number of nitrogens with two attached hydrogens (primary N) is 1. The summed E-state index contributed by atoms with van der Waals surface area (Å²) in [5, 5.41) is 0. The van der Waals surface area contributed by atoms with Gasteiger partial charge in [0.2, 0.25) is 0 Å².